The molecule has 0 spiro atoms. The van der Waals surface area contributed by atoms with E-state index in [0.29, 0.717) is 24.4 Å². The lowest BCUT2D eigenvalue weighted by atomic mass is 10.2. The molecule has 0 N–H and O–H groups in total. The molecule has 4 heterocycles. The summed E-state index contributed by atoms with van der Waals surface area (Å²) in [7, 11) is -2.01. The van der Waals surface area contributed by atoms with Gasteiger partial charge >= 0.3 is 0 Å². The van der Waals surface area contributed by atoms with Gasteiger partial charge in [-0.1, -0.05) is 0 Å². The zero-order chi connectivity index (χ0) is 17.7. The van der Waals surface area contributed by atoms with E-state index in [-0.39, 0.29) is 0 Å². The van der Waals surface area contributed by atoms with E-state index in [0.717, 1.165) is 57.6 Å². The second-order valence-corrected chi connectivity index (χ2v) is 12.5. The summed E-state index contributed by atoms with van der Waals surface area (Å²) < 4.78 is 30.9. The molecular formula is C20H36O5Si. The van der Waals surface area contributed by atoms with E-state index < -0.39 is 8.32 Å². The first-order chi connectivity index (χ1) is 12.8. The molecule has 0 aromatic rings. The molecular weight excluding hydrogens is 348 g/mol. The Morgan fingerprint density at radius 3 is 1.31 bits per heavy atom. The van der Waals surface area contributed by atoms with E-state index >= 15 is 0 Å². The lowest BCUT2D eigenvalue weighted by Crippen LogP contribution is -2.48. The van der Waals surface area contributed by atoms with Gasteiger partial charge in [-0.25, -0.2) is 0 Å². The van der Waals surface area contributed by atoms with Gasteiger partial charge in [-0.05, 0) is 69.5 Å². The summed E-state index contributed by atoms with van der Waals surface area (Å²) in [6.45, 7) is 4.41. The Balaban J connectivity index is 1.46. The summed E-state index contributed by atoms with van der Waals surface area (Å²) >= 11 is 0. The molecule has 150 valence electrons. The van der Waals surface area contributed by atoms with Crippen molar-refractivity contribution in [2.45, 2.75) is 93.9 Å². The van der Waals surface area contributed by atoms with Gasteiger partial charge in [0.25, 0.3) is 0 Å². The Hall–Kier alpha value is 0.0169. The zero-order valence-electron chi connectivity index (χ0n) is 16.2. The summed E-state index contributed by atoms with van der Waals surface area (Å²) in [5.41, 5.74) is 0. The van der Waals surface area contributed by atoms with Crippen molar-refractivity contribution in [3.05, 3.63) is 0 Å². The maximum absolute atomic E-state index is 6.87. The molecule has 4 fully saturated rings. The van der Waals surface area contributed by atoms with Crippen LogP contribution in [-0.2, 0) is 23.4 Å². The highest BCUT2D eigenvalue weighted by Crippen LogP contribution is 2.37. The van der Waals surface area contributed by atoms with Crippen molar-refractivity contribution >= 4 is 8.32 Å². The quantitative estimate of drug-likeness (QED) is 0.568. The second kappa shape index (κ2) is 9.48. The van der Waals surface area contributed by atoms with Gasteiger partial charge in [0.05, 0.1) is 31.0 Å². The van der Waals surface area contributed by atoms with E-state index in [1.54, 1.807) is 0 Å². The third kappa shape index (κ3) is 5.30. The van der Waals surface area contributed by atoms with Crippen molar-refractivity contribution < 1.29 is 23.4 Å². The average Bonchev–Trinajstić information content (AvgIpc) is 3.42. The summed E-state index contributed by atoms with van der Waals surface area (Å²) in [6, 6.07) is 3.33. The van der Waals surface area contributed by atoms with Crippen LogP contribution < -0.4 is 0 Å². The smallest absolute Gasteiger partial charge is 0.200 e. The van der Waals surface area contributed by atoms with E-state index in [4.69, 9.17) is 23.4 Å². The van der Waals surface area contributed by atoms with Crippen LogP contribution in [0.4, 0.5) is 0 Å². The molecule has 4 unspecified atom stereocenters. The van der Waals surface area contributed by atoms with Gasteiger partial charge in [0.1, 0.15) is 0 Å². The molecule has 0 aromatic carbocycles. The number of hydrogen-bond acceptors (Lipinski definition) is 5. The fourth-order valence-corrected chi connectivity index (χ4v) is 9.98. The molecule has 5 nitrogen and oxygen atoms in total. The number of rotatable bonds is 9. The molecule has 4 saturated heterocycles. The van der Waals surface area contributed by atoms with Crippen molar-refractivity contribution in [2.24, 2.45) is 0 Å². The van der Waals surface area contributed by atoms with Crippen molar-refractivity contribution in [3.8, 4) is 0 Å². The van der Waals surface area contributed by atoms with Crippen molar-refractivity contribution in [2.75, 3.05) is 33.0 Å². The van der Waals surface area contributed by atoms with Crippen LogP contribution in [0.3, 0.4) is 0 Å². The average molecular weight is 385 g/mol. The summed E-state index contributed by atoms with van der Waals surface area (Å²) in [4.78, 5) is 0. The van der Waals surface area contributed by atoms with E-state index in [1.165, 1.54) is 44.9 Å². The molecule has 0 amide bonds. The van der Waals surface area contributed by atoms with Gasteiger partial charge in [-0.15, -0.1) is 0 Å². The maximum atomic E-state index is 6.87. The maximum Gasteiger partial charge on any atom is 0.200 e. The Bertz CT molecular complexity index is 365. The molecule has 4 aliphatic rings. The Morgan fingerprint density at radius 1 is 0.577 bits per heavy atom. The van der Waals surface area contributed by atoms with Gasteiger partial charge < -0.3 is 23.4 Å². The predicted molar refractivity (Wildman–Crippen MR) is 102 cm³/mol. The first-order valence-corrected chi connectivity index (χ1v) is 13.4. The van der Waals surface area contributed by atoms with Crippen LogP contribution in [-0.4, -0.2) is 65.8 Å². The highest BCUT2D eigenvalue weighted by Gasteiger charge is 2.44. The molecule has 0 bridgehead atoms. The Kier molecular flexibility index (Phi) is 7.05. The van der Waals surface area contributed by atoms with Crippen LogP contribution in [0.2, 0.25) is 18.1 Å². The minimum Gasteiger partial charge on any atom is -0.414 e. The first-order valence-electron chi connectivity index (χ1n) is 10.9. The molecule has 0 aromatic heterocycles. The topological polar surface area (TPSA) is 46.2 Å². The lowest BCUT2D eigenvalue weighted by Gasteiger charge is -2.37. The zero-order valence-corrected chi connectivity index (χ0v) is 17.2. The minimum absolute atomic E-state index is 0.292. The predicted octanol–water partition coefficient (Wildman–Crippen LogP) is 3.66. The molecule has 4 atom stereocenters. The second-order valence-electron chi connectivity index (χ2n) is 8.65. The largest absolute Gasteiger partial charge is 0.414 e. The SMILES string of the molecule is C1COC(CO[Si](CC2CCCO2)(CC2CCCO2)CC2CCCO2)C1. The van der Waals surface area contributed by atoms with Crippen LogP contribution >= 0.6 is 0 Å². The molecule has 26 heavy (non-hydrogen) atoms. The normalized spacial score (nSPS) is 37.4. The summed E-state index contributed by atoms with van der Waals surface area (Å²) in [5.74, 6) is 0. The van der Waals surface area contributed by atoms with Gasteiger partial charge in [-0.2, -0.15) is 0 Å². The number of hydrogen-bond donors (Lipinski definition) is 0. The Morgan fingerprint density at radius 2 is 0.962 bits per heavy atom. The fraction of sp³-hybridized carbons (Fsp3) is 1.00. The molecule has 4 rings (SSSR count). The molecule has 0 aliphatic carbocycles. The van der Waals surface area contributed by atoms with Crippen LogP contribution in [0.15, 0.2) is 0 Å². The van der Waals surface area contributed by atoms with E-state index in [1.807, 2.05) is 0 Å². The minimum atomic E-state index is -2.01. The van der Waals surface area contributed by atoms with Gasteiger partial charge in [0, 0.05) is 26.4 Å². The van der Waals surface area contributed by atoms with E-state index in [2.05, 4.69) is 0 Å². The third-order valence-electron chi connectivity index (χ3n) is 6.47. The Labute approximate surface area is 159 Å². The molecule has 6 heteroatoms. The monoisotopic (exact) mass is 384 g/mol. The number of ether oxygens (including phenoxy) is 4. The highest BCUT2D eigenvalue weighted by atomic mass is 28.4. The lowest BCUT2D eigenvalue weighted by molar-refractivity contribution is 0.0534. The highest BCUT2D eigenvalue weighted by molar-refractivity contribution is 6.74. The third-order valence-corrected chi connectivity index (χ3v) is 10.8. The van der Waals surface area contributed by atoms with Crippen LogP contribution in [0.5, 0.6) is 0 Å². The van der Waals surface area contributed by atoms with Crippen molar-refractivity contribution in [1.29, 1.82) is 0 Å². The van der Waals surface area contributed by atoms with Crippen LogP contribution in [0.1, 0.15) is 51.4 Å². The van der Waals surface area contributed by atoms with Crippen molar-refractivity contribution in [3.63, 3.8) is 0 Å². The standard InChI is InChI=1S/C20H36O5Si/c1-5-17(21-9-1)13-25-26(14-18-6-2-10-22-18,15-19-7-3-11-23-19)16-20-8-4-12-24-20/h17-20H,1-16H2. The fourth-order valence-electron chi connectivity index (χ4n) is 5.13. The van der Waals surface area contributed by atoms with Crippen LogP contribution in [0.25, 0.3) is 0 Å². The van der Waals surface area contributed by atoms with E-state index in [9.17, 15) is 0 Å². The first kappa shape index (κ1) is 19.3. The van der Waals surface area contributed by atoms with Crippen molar-refractivity contribution in [1.82, 2.24) is 0 Å². The molecule has 0 radical (unpaired) electrons. The van der Waals surface area contributed by atoms with Crippen LogP contribution in [0, 0.1) is 0 Å². The van der Waals surface area contributed by atoms with Gasteiger partial charge in [0.2, 0.25) is 8.32 Å². The molecule has 4 aliphatic heterocycles. The summed E-state index contributed by atoms with van der Waals surface area (Å²) in [5, 5.41) is 0. The van der Waals surface area contributed by atoms with Gasteiger partial charge in [0.15, 0.2) is 0 Å². The van der Waals surface area contributed by atoms with Gasteiger partial charge in [-0.3, -0.25) is 0 Å². The molecule has 0 saturated carbocycles. The summed E-state index contributed by atoms with van der Waals surface area (Å²) in [6.07, 6.45) is 10.9.